The number of ether oxygens (including phenoxy) is 2. The number of halogens is 1. The van der Waals surface area contributed by atoms with E-state index >= 15 is 0 Å². The lowest BCUT2D eigenvalue weighted by Gasteiger charge is -2.31. The van der Waals surface area contributed by atoms with Gasteiger partial charge in [-0.05, 0) is 37.5 Å². The third kappa shape index (κ3) is 4.06. The fourth-order valence-electron chi connectivity index (χ4n) is 4.72. The smallest absolute Gasteiger partial charge is 0.341 e. The van der Waals surface area contributed by atoms with Gasteiger partial charge >= 0.3 is 5.97 Å². The monoisotopic (exact) mass is 495 g/mol. The van der Waals surface area contributed by atoms with Crippen molar-refractivity contribution in [2.45, 2.75) is 55.2 Å². The summed E-state index contributed by atoms with van der Waals surface area (Å²) in [6.07, 6.45) is 3.88. The van der Waals surface area contributed by atoms with Crippen LogP contribution in [0.5, 0.6) is 5.75 Å². The lowest BCUT2D eigenvalue weighted by atomic mass is 9.98. The molecule has 1 unspecified atom stereocenters. The molecule has 10 heteroatoms. The van der Waals surface area contributed by atoms with Crippen LogP contribution in [0, 0.1) is 0 Å². The van der Waals surface area contributed by atoms with Gasteiger partial charge in [0.1, 0.15) is 11.3 Å². The average molecular weight is 496 g/mol. The number of hydrogen-bond donors (Lipinski definition) is 1. The number of fused-ring (bicyclic) bond motifs is 3. The van der Waals surface area contributed by atoms with Crippen LogP contribution in [0.2, 0.25) is 5.02 Å². The minimum absolute atomic E-state index is 0.0304. The fourth-order valence-corrected chi connectivity index (χ4v) is 6.57. The van der Waals surface area contributed by atoms with E-state index in [0.29, 0.717) is 36.5 Å². The van der Waals surface area contributed by atoms with Crippen molar-refractivity contribution in [3.63, 3.8) is 0 Å². The fraction of sp³-hybridized carbons (Fsp3) is 0.478. The van der Waals surface area contributed by atoms with Crippen LogP contribution in [0.3, 0.4) is 0 Å². The highest BCUT2D eigenvalue weighted by Gasteiger charge is 2.40. The molecule has 0 bridgehead atoms. The summed E-state index contributed by atoms with van der Waals surface area (Å²) in [6, 6.07) is 3.93. The van der Waals surface area contributed by atoms with Gasteiger partial charge in [0.25, 0.3) is 5.56 Å². The Morgan fingerprint density at radius 1 is 1.21 bits per heavy atom. The van der Waals surface area contributed by atoms with Gasteiger partial charge in [-0.15, -0.1) is 0 Å². The second-order valence-electron chi connectivity index (χ2n) is 8.44. The van der Waals surface area contributed by atoms with Gasteiger partial charge in [0, 0.05) is 37.8 Å². The Morgan fingerprint density at radius 2 is 1.91 bits per heavy atom. The van der Waals surface area contributed by atoms with Gasteiger partial charge < -0.3 is 19.1 Å². The van der Waals surface area contributed by atoms with Gasteiger partial charge in [-0.1, -0.05) is 24.4 Å². The topological polar surface area (TPSA) is 112 Å². The molecule has 2 aliphatic rings. The van der Waals surface area contributed by atoms with Crippen molar-refractivity contribution < 1.29 is 27.8 Å². The number of aromatic carboxylic acids is 1. The SMILES string of the molecule is COCCCOc1cc2c(cc1Cl)-c1c(cc(C(=O)O)c(=O)n1C1CCCC1)C(C)S2(=O)=O. The number of carboxylic acid groups (broad SMARTS) is 1. The van der Waals surface area contributed by atoms with Gasteiger partial charge in [-0.2, -0.15) is 0 Å². The summed E-state index contributed by atoms with van der Waals surface area (Å²) < 4.78 is 39.1. The molecule has 2 aromatic rings. The maximum atomic E-state index is 13.5. The zero-order valence-electron chi connectivity index (χ0n) is 18.5. The number of aromatic nitrogens is 1. The molecule has 33 heavy (non-hydrogen) atoms. The molecule has 1 aliphatic heterocycles. The van der Waals surface area contributed by atoms with E-state index in [1.807, 2.05) is 0 Å². The first-order chi connectivity index (χ1) is 15.7. The van der Waals surface area contributed by atoms with Gasteiger partial charge in [-0.3, -0.25) is 4.79 Å². The second kappa shape index (κ2) is 9.12. The van der Waals surface area contributed by atoms with Crippen molar-refractivity contribution in [3.05, 3.63) is 44.7 Å². The lowest BCUT2D eigenvalue weighted by molar-refractivity contribution is 0.0694. The molecule has 1 aromatic heterocycles. The molecular formula is C23H26ClNO7S. The molecule has 0 radical (unpaired) electrons. The molecule has 2 heterocycles. The zero-order chi connectivity index (χ0) is 23.9. The van der Waals surface area contributed by atoms with Crippen molar-refractivity contribution in [1.29, 1.82) is 0 Å². The Morgan fingerprint density at radius 3 is 2.55 bits per heavy atom. The Hall–Kier alpha value is -2.36. The first-order valence-electron chi connectivity index (χ1n) is 10.9. The minimum Gasteiger partial charge on any atom is -0.492 e. The molecule has 0 spiro atoms. The predicted octanol–water partition coefficient (Wildman–Crippen LogP) is 4.25. The number of rotatable bonds is 7. The number of pyridine rings is 1. The molecule has 1 N–H and O–H groups in total. The van der Waals surface area contributed by atoms with Crippen LogP contribution in [0.4, 0.5) is 0 Å². The first-order valence-corrected chi connectivity index (χ1v) is 12.8. The van der Waals surface area contributed by atoms with Gasteiger partial charge in [0.2, 0.25) is 0 Å². The third-order valence-electron chi connectivity index (χ3n) is 6.43. The Balaban J connectivity index is 1.97. The first kappa shape index (κ1) is 23.8. The molecule has 0 amide bonds. The van der Waals surface area contributed by atoms with Crippen LogP contribution >= 0.6 is 11.6 Å². The van der Waals surface area contributed by atoms with E-state index < -0.39 is 32.2 Å². The van der Waals surface area contributed by atoms with Crippen LogP contribution < -0.4 is 10.3 Å². The third-order valence-corrected chi connectivity index (χ3v) is 8.86. The van der Waals surface area contributed by atoms with E-state index in [1.165, 1.54) is 29.7 Å². The van der Waals surface area contributed by atoms with E-state index in [0.717, 1.165) is 25.7 Å². The highest BCUT2D eigenvalue weighted by molar-refractivity contribution is 7.92. The Bertz CT molecular complexity index is 1260. The minimum atomic E-state index is -3.88. The van der Waals surface area contributed by atoms with Crippen LogP contribution in [-0.4, -0.2) is 44.4 Å². The van der Waals surface area contributed by atoms with Crippen LogP contribution in [0.15, 0.2) is 27.9 Å². The summed E-state index contributed by atoms with van der Waals surface area (Å²) in [7, 11) is -2.30. The second-order valence-corrected chi connectivity index (χ2v) is 11.1. The maximum Gasteiger partial charge on any atom is 0.341 e. The largest absolute Gasteiger partial charge is 0.492 e. The van der Waals surface area contributed by atoms with Crippen molar-refractivity contribution in [1.82, 2.24) is 4.57 Å². The zero-order valence-corrected chi connectivity index (χ0v) is 20.0. The lowest BCUT2D eigenvalue weighted by Crippen LogP contribution is -2.34. The highest BCUT2D eigenvalue weighted by Crippen LogP contribution is 2.48. The molecule has 1 aliphatic carbocycles. The van der Waals surface area contributed by atoms with Crippen LogP contribution in [-0.2, 0) is 14.6 Å². The van der Waals surface area contributed by atoms with Crippen molar-refractivity contribution in [2.24, 2.45) is 0 Å². The van der Waals surface area contributed by atoms with Crippen LogP contribution in [0.25, 0.3) is 11.3 Å². The number of sulfone groups is 1. The van der Waals surface area contributed by atoms with Gasteiger partial charge in [0.15, 0.2) is 9.84 Å². The normalized spacial score (nSPS) is 19.2. The van der Waals surface area contributed by atoms with Gasteiger partial charge in [-0.25, -0.2) is 13.2 Å². The summed E-state index contributed by atoms with van der Waals surface area (Å²) in [4.78, 5) is 25.1. The van der Waals surface area contributed by atoms with E-state index in [4.69, 9.17) is 21.1 Å². The summed E-state index contributed by atoms with van der Waals surface area (Å²) >= 11 is 6.47. The van der Waals surface area contributed by atoms with Crippen molar-refractivity contribution in [3.8, 4) is 17.0 Å². The van der Waals surface area contributed by atoms with Gasteiger partial charge in [0.05, 0.1) is 27.5 Å². The molecule has 1 fully saturated rings. The number of nitrogens with zero attached hydrogens (tertiary/aromatic N) is 1. The summed E-state index contributed by atoms with van der Waals surface area (Å²) in [6.45, 7) is 2.30. The summed E-state index contributed by atoms with van der Waals surface area (Å²) in [5.74, 6) is -1.13. The van der Waals surface area contributed by atoms with E-state index in [-0.39, 0.29) is 21.7 Å². The molecule has 1 aromatic carbocycles. The Labute approximate surface area is 197 Å². The molecule has 1 atom stereocenters. The van der Waals surface area contributed by atoms with E-state index in [1.54, 1.807) is 7.11 Å². The summed E-state index contributed by atoms with van der Waals surface area (Å²) in [5, 5.41) is 8.82. The molecule has 4 rings (SSSR count). The quantitative estimate of drug-likeness (QED) is 0.571. The van der Waals surface area contributed by atoms with Crippen molar-refractivity contribution in [2.75, 3.05) is 20.3 Å². The van der Waals surface area contributed by atoms with Crippen molar-refractivity contribution >= 4 is 27.4 Å². The molecule has 178 valence electrons. The average Bonchev–Trinajstić information content (AvgIpc) is 3.29. The number of methoxy groups -OCH3 is 1. The number of carbonyl (C=O) groups is 1. The highest BCUT2D eigenvalue weighted by atomic mass is 35.5. The molecule has 1 saturated carbocycles. The Kier molecular flexibility index (Phi) is 6.57. The number of hydrogen-bond acceptors (Lipinski definition) is 6. The predicted molar refractivity (Wildman–Crippen MR) is 123 cm³/mol. The standard InChI is InChI=1S/C23H26ClNO7S/c1-13-15-10-17(23(27)28)22(26)25(14-6-3-4-7-14)21(15)16-11-18(24)19(32-9-5-8-31-2)12-20(16)33(13,29)30/h10-14H,3-9H2,1-2H3,(H,27,28). The van der Waals surface area contributed by atoms with E-state index in [2.05, 4.69) is 0 Å². The summed E-state index contributed by atoms with van der Waals surface area (Å²) in [5.41, 5.74) is -0.00600. The molecular weight excluding hydrogens is 470 g/mol. The molecule has 8 nitrogen and oxygen atoms in total. The number of benzene rings is 1. The van der Waals surface area contributed by atoms with E-state index in [9.17, 15) is 23.1 Å². The van der Waals surface area contributed by atoms with Crippen LogP contribution in [0.1, 0.15) is 66.2 Å². The molecule has 0 saturated heterocycles. The number of carboxylic acids is 1. The maximum absolute atomic E-state index is 13.5.